The molecule has 0 bridgehead atoms. The monoisotopic (exact) mass is 213 g/mol. The fourth-order valence-corrected chi connectivity index (χ4v) is 0.642. The molecule has 0 spiro atoms. The molecule has 2 aliphatic rings. The van der Waals surface area contributed by atoms with Crippen LogP contribution in [0.1, 0.15) is 0 Å². The van der Waals surface area contributed by atoms with Crippen molar-refractivity contribution >= 4 is 0 Å². The van der Waals surface area contributed by atoms with E-state index < -0.39 is 0 Å². The third-order valence-corrected chi connectivity index (χ3v) is 1.11. The van der Waals surface area contributed by atoms with Gasteiger partial charge in [0, 0.05) is 0 Å². The molecule has 0 aromatic carbocycles. The maximum absolute atomic E-state index is 2.00. The van der Waals surface area contributed by atoms with Crippen LogP contribution in [0, 0.1) is 64.2 Å². The molecular formula is C10H10ClTi+3. The van der Waals surface area contributed by atoms with E-state index in [1.54, 1.807) is 0 Å². The Morgan fingerprint density at radius 3 is 0.500 bits per heavy atom. The van der Waals surface area contributed by atoms with Crippen molar-refractivity contribution < 1.29 is 34.1 Å². The molecule has 0 aromatic rings. The van der Waals surface area contributed by atoms with Gasteiger partial charge in [0.15, 0.2) is 0 Å². The zero-order chi connectivity index (χ0) is 7.07. The predicted octanol–water partition coefficient (Wildman–Crippen LogP) is -0.956. The van der Waals surface area contributed by atoms with Gasteiger partial charge < -0.3 is 12.4 Å². The molecule has 0 amide bonds. The van der Waals surface area contributed by atoms with Crippen molar-refractivity contribution in [1.29, 1.82) is 0 Å². The Morgan fingerprint density at radius 1 is 0.333 bits per heavy atom. The van der Waals surface area contributed by atoms with Crippen LogP contribution < -0.4 is 12.4 Å². The van der Waals surface area contributed by atoms with Crippen LogP contribution >= 0.6 is 0 Å². The second-order valence-corrected chi connectivity index (χ2v) is 1.92. The van der Waals surface area contributed by atoms with Crippen molar-refractivity contribution in [1.82, 2.24) is 0 Å². The Morgan fingerprint density at radius 2 is 0.417 bits per heavy atom. The standard InChI is InChI=1S/2C5H5.ClH.Ti/c2*1-2-4-5-3-1;;/h2*1-5H;1H;/q;;;+4/p-1. The first-order valence-corrected chi connectivity index (χ1v) is 3.33. The molecule has 0 saturated heterocycles. The Kier molecular flexibility index (Phi) is 15.5. The third kappa shape index (κ3) is 9.10. The largest absolute Gasteiger partial charge is 4.00 e. The Bertz CT molecular complexity index is 43.0. The topological polar surface area (TPSA) is 0 Å². The maximum Gasteiger partial charge on any atom is 4.00 e. The smallest absolute Gasteiger partial charge is 1.00 e. The molecule has 2 heteroatoms. The fourth-order valence-electron chi connectivity index (χ4n) is 0.642. The van der Waals surface area contributed by atoms with E-state index in [9.17, 15) is 0 Å². The van der Waals surface area contributed by atoms with Gasteiger partial charge in [0.2, 0.25) is 0 Å². The van der Waals surface area contributed by atoms with Gasteiger partial charge in [-0.3, -0.25) is 0 Å². The summed E-state index contributed by atoms with van der Waals surface area (Å²) in [6.45, 7) is 0. The molecule has 0 aromatic heterocycles. The molecule has 12 heavy (non-hydrogen) atoms. The Hall–Kier alpha value is 1.00. The van der Waals surface area contributed by atoms with Crippen LogP contribution in [-0.2, 0) is 21.7 Å². The van der Waals surface area contributed by atoms with E-state index in [1.165, 1.54) is 0 Å². The van der Waals surface area contributed by atoms with Crippen molar-refractivity contribution in [2.45, 2.75) is 0 Å². The minimum atomic E-state index is 0. The van der Waals surface area contributed by atoms with Crippen LogP contribution in [-0.4, -0.2) is 0 Å². The zero-order valence-electron chi connectivity index (χ0n) is 6.65. The summed E-state index contributed by atoms with van der Waals surface area (Å²) in [5.41, 5.74) is 0. The molecule has 0 aliphatic heterocycles. The van der Waals surface area contributed by atoms with E-state index in [0.29, 0.717) is 0 Å². The van der Waals surface area contributed by atoms with Gasteiger partial charge in [0.05, 0.1) is 0 Å². The van der Waals surface area contributed by atoms with Gasteiger partial charge in [0.25, 0.3) is 0 Å². The minimum absolute atomic E-state index is 0. The van der Waals surface area contributed by atoms with Gasteiger partial charge in [0.1, 0.15) is 0 Å². The van der Waals surface area contributed by atoms with Gasteiger partial charge in [-0.1, -0.05) is 0 Å². The average Bonchev–Trinajstić information content (AvgIpc) is 2.67. The molecule has 0 atom stereocenters. The summed E-state index contributed by atoms with van der Waals surface area (Å²) in [6, 6.07) is 0. The molecule has 0 heterocycles. The normalized spacial score (nSPS) is 20.0. The summed E-state index contributed by atoms with van der Waals surface area (Å²) < 4.78 is 0. The van der Waals surface area contributed by atoms with Crippen LogP contribution in [0.15, 0.2) is 0 Å². The van der Waals surface area contributed by atoms with Crippen molar-refractivity contribution in [3.05, 3.63) is 64.2 Å². The van der Waals surface area contributed by atoms with Crippen molar-refractivity contribution in [2.24, 2.45) is 0 Å². The zero-order valence-corrected chi connectivity index (χ0v) is 8.97. The molecule has 2 rings (SSSR count). The summed E-state index contributed by atoms with van der Waals surface area (Å²) in [5, 5.41) is 0. The number of hydrogen-bond acceptors (Lipinski definition) is 0. The van der Waals surface area contributed by atoms with E-state index in [4.69, 9.17) is 0 Å². The Balaban J connectivity index is 0. The second-order valence-electron chi connectivity index (χ2n) is 1.92. The molecular weight excluding hydrogens is 203 g/mol. The van der Waals surface area contributed by atoms with Crippen LogP contribution in [0.4, 0.5) is 0 Å². The molecule has 2 aliphatic carbocycles. The molecule has 2 saturated carbocycles. The van der Waals surface area contributed by atoms with Gasteiger partial charge >= 0.3 is 21.7 Å². The van der Waals surface area contributed by atoms with Crippen molar-refractivity contribution in [2.75, 3.05) is 0 Å². The van der Waals surface area contributed by atoms with Crippen molar-refractivity contribution in [3.63, 3.8) is 0 Å². The molecule has 0 N–H and O–H groups in total. The number of rotatable bonds is 0. The number of hydrogen-bond donors (Lipinski definition) is 0. The van der Waals surface area contributed by atoms with Gasteiger partial charge in [-0.05, 0) is 64.2 Å². The molecule has 10 radical (unpaired) electrons. The van der Waals surface area contributed by atoms with E-state index in [0.717, 1.165) is 0 Å². The molecule has 0 unspecified atom stereocenters. The first-order valence-electron chi connectivity index (χ1n) is 3.33. The second kappa shape index (κ2) is 12.0. The molecule has 0 nitrogen and oxygen atoms in total. The van der Waals surface area contributed by atoms with E-state index in [-0.39, 0.29) is 34.1 Å². The van der Waals surface area contributed by atoms with E-state index in [1.807, 2.05) is 64.2 Å². The van der Waals surface area contributed by atoms with Crippen LogP contribution in [0.5, 0.6) is 0 Å². The minimum Gasteiger partial charge on any atom is -1.00 e. The van der Waals surface area contributed by atoms with Crippen LogP contribution in [0.2, 0.25) is 0 Å². The van der Waals surface area contributed by atoms with E-state index >= 15 is 0 Å². The quantitative estimate of drug-likeness (QED) is 0.455. The van der Waals surface area contributed by atoms with E-state index in [2.05, 4.69) is 0 Å². The summed E-state index contributed by atoms with van der Waals surface area (Å²) in [5.74, 6) is 0. The van der Waals surface area contributed by atoms with Gasteiger partial charge in [-0.15, -0.1) is 0 Å². The summed E-state index contributed by atoms with van der Waals surface area (Å²) in [4.78, 5) is 0. The number of halogens is 1. The predicted molar refractivity (Wildman–Crippen MR) is 43.0 cm³/mol. The van der Waals surface area contributed by atoms with Crippen LogP contribution in [0.3, 0.4) is 0 Å². The van der Waals surface area contributed by atoms with Crippen LogP contribution in [0.25, 0.3) is 0 Å². The summed E-state index contributed by atoms with van der Waals surface area (Å²) >= 11 is 0. The maximum atomic E-state index is 2.00. The fraction of sp³-hybridized carbons (Fsp3) is 0. The summed E-state index contributed by atoms with van der Waals surface area (Å²) in [7, 11) is 0. The third-order valence-electron chi connectivity index (χ3n) is 1.11. The molecule has 2 fully saturated rings. The first kappa shape index (κ1) is 15.5. The Labute approximate surface area is 98.2 Å². The summed E-state index contributed by atoms with van der Waals surface area (Å²) in [6.07, 6.45) is 20.0. The first-order chi connectivity index (χ1) is 5.00. The van der Waals surface area contributed by atoms with Gasteiger partial charge in [-0.25, -0.2) is 0 Å². The van der Waals surface area contributed by atoms with Crippen molar-refractivity contribution in [3.8, 4) is 0 Å². The average molecular weight is 214 g/mol. The molecule has 58 valence electrons. The SMILES string of the molecule is [CH]1[CH][CH][CH][CH]1.[CH]1[CH][CH][CH][CH]1.[Cl-].[Ti+4]. The van der Waals surface area contributed by atoms with Gasteiger partial charge in [-0.2, -0.15) is 0 Å².